The summed E-state index contributed by atoms with van der Waals surface area (Å²) in [4.78, 5) is 18.2. The standard InChI is InChI=1S/C30H32N4O3/c1-4-34-20(3)27(22-11-6-7-13-25(22)34)30(28-23(29(35)37-30)12-10-16-31-28)24-15-14-21(19-26(24)36-5-2)32-33-17-8-9-18-33/h6-7,10-16,19,32H,4-5,8-9,17-18H2,1-3H3. The lowest BCUT2D eigenvalue weighted by Gasteiger charge is -2.31. The number of carbonyl (C=O) groups excluding carboxylic acids is 1. The molecular formula is C30H32N4O3. The van der Waals surface area contributed by atoms with Crippen LogP contribution in [0.3, 0.4) is 0 Å². The summed E-state index contributed by atoms with van der Waals surface area (Å²) >= 11 is 0. The van der Waals surface area contributed by atoms with Crippen molar-refractivity contribution in [2.45, 2.75) is 45.8 Å². The van der Waals surface area contributed by atoms with Crippen LogP contribution in [0.4, 0.5) is 5.69 Å². The summed E-state index contributed by atoms with van der Waals surface area (Å²) in [7, 11) is 0. The van der Waals surface area contributed by atoms with Crippen molar-refractivity contribution < 1.29 is 14.3 Å². The predicted octanol–water partition coefficient (Wildman–Crippen LogP) is 5.65. The number of rotatable bonds is 7. The zero-order valence-corrected chi connectivity index (χ0v) is 21.6. The van der Waals surface area contributed by atoms with Gasteiger partial charge in [-0.25, -0.2) is 9.80 Å². The summed E-state index contributed by atoms with van der Waals surface area (Å²) in [5.41, 5.74) is 8.14. The summed E-state index contributed by atoms with van der Waals surface area (Å²) in [6.45, 7) is 9.50. The van der Waals surface area contributed by atoms with E-state index in [0.29, 0.717) is 23.6 Å². The third-order valence-electron chi connectivity index (χ3n) is 7.56. The lowest BCUT2D eigenvalue weighted by Crippen LogP contribution is -2.32. The molecule has 2 aromatic heterocycles. The van der Waals surface area contributed by atoms with Crippen LogP contribution in [0.25, 0.3) is 10.9 Å². The first kappa shape index (κ1) is 23.6. The van der Waals surface area contributed by atoms with Crippen LogP contribution in [-0.4, -0.2) is 40.2 Å². The Morgan fingerprint density at radius 3 is 2.68 bits per heavy atom. The first-order valence-corrected chi connectivity index (χ1v) is 13.1. The van der Waals surface area contributed by atoms with E-state index in [2.05, 4.69) is 41.0 Å². The minimum absolute atomic E-state index is 0.377. The highest BCUT2D eigenvalue weighted by Crippen LogP contribution is 2.52. The van der Waals surface area contributed by atoms with Gasteiger partial charge >= 0.3 is 5.97 Å². The van der Waals surface area contributed by atoms with Crippen molar-refractivity contribution in [3.63, 3.8) is 0 Å². The maximum atomic E-state index is 13.4. The summed E-state index contributed by atoms with van der Waals surface area (Å²) < 4.78 is 15.0. The van der Waals surface area contributed by atoms with Crippen molar-refractivity contribution >= 4 is 22.6 Å². The van der Waals surface area contributed by atoms with Gasteiger partial charge in [0.15, 0.2) is 0 Å². The van der Waals surface area contributed by atoms with Gasteiger partial charge in [0.1, 0.15) is 11.4 Å². The Hall–Kier alpha value is -3.84. The first-order valence-electron chi connectivity index (χ1n) is 13.1. The summed E-state index contributed by atoms with van der Waals surface area (Å²) in [5.74, 6) is 0.295. The number of cyclic esters (lactones) is 1. The number of nitrogens with zero attached hydrogens (tertiary/aromatic N) is 3. The maximum Gasteiger partial charge on any atom is 0.341 e. The number of benzene rings is 2. The zero-order chi connectivity index (χ0) is 25.6. The van der Waals surface area contributed by atoms with Crippen LogP contribution < -0.4 is 10.2 Å². The van der Waals surface area contributed by atoms with Gasteiger partial charge in [0.05, 0.1) is 17.9 Å². The molecule has 0 amide bonds. The van der Waals surface area contributed by atoms with E-state index in [-0.39, 0.29) is 5.97 Å². The molecular weight excluding hydrogens is 464 g/mol. The van der Waals surface area contributed by atoms with E-state index >= 15 is 0 Å². The highest BCUT2D eigenvalue weighted by Gasteiger charge is 2.53. The Bertz CT molecular complexity index is 1490. The van der Waals surface area contributed by atoms with Crippen LogP contribution in [-0.2, 0) is 16.9 Å². The van der Waals surface area contributed by atoms with E-state index in [1.807, 2.05) is 37.3 Å². The SMILES string of the molecule is CCOc1cc(NN2CCCC2)ccc1C1(c2c(C)n(CC)c3ccccc23)OC(=O)c2cccnc21. The van der Waals surface area contributed by atoms with Crippen LogP contribution in [0.1, 0.15) is 59.6 Å². The quantitative estimate of drug-likeness (QED) is 0.334. The van der Waals surface area contributed by atoms with Crippen molar-refractivity contribution in [2.24, 2.45) is 0 Å². The molecule has 0 bridgehead atoms. The fraction of sp³-hybridized carbons (Fsp3) is 0.333. The molecule has 2 aromatic carbocycles. The van der Waals surface area contributed by atoms with Gasteiger partial charge in [-0.2, -0.15) is 0 Å². The largest absolute Gasteiger partial charge is 0.493 e. The second kappa shape index (κ2) is 9.23. The highest BCUT2D eigenvalue weighted by molar-refractivity contribution is 5.98. The molecule has 1 N–H and O–H groups in total. The number of fused-ring (bicyclic) bond motifs is 2. The van der Waals surface area contributed by atoms with Crippen molar-refractivity contribution in [1.29, 1.82) is 0 Å². The van der Waals surface area contributed by atoms with Crippen molar-refractivity contribution in [1.82, 2.24) is 14.6 Å². The number of esters is 1. The number of para-hydroxylation sites is 1. The number of nitrogens with one attached hydrogen (secondary N) is 1. The van der Waals surface area contributed by atoms with E-state index in [0.717, 1.165) is 53.0 Å². The van der Waals surface area contributed by atoms with Crippen LogP contribution in [0.2, 0.25) is 0 Å². The van der Waals surface area contributed by atoms with Gasteiger partial charge in [0, 0.05) is 59.6 Å². The molecule has 0 spiro atoms. The lowest BCUT2D eigenvalue weighted by molar-refractivity contribution is 0.0238. The van der Waals surface area contributed by atoms with Crippen LogP contribution in [0, 0.1) is 6.92 Å². The fourth-order valence-corrected chi connectivity index (χ4v) is 6.03. The molecule has 1 fully saturated rings. The number of ether oxygens (including phenoxy) is 2. The summed E-state index contributed by atoms with van der Waals surface area (Å²) in [6.07, 6.45) is 4.10. The molecule has 190 valence electrons. The minimum atomic E-state index is -1.24. The van der Waals surface area contributed by atoms with E-state index in [4.69, 9.17) is 14.5 Å². The molecule has 0 radical (unpaired) electrons. The third kappa shape index (κ3) is 3.60. The summed E-state index contributed by atoms with van der Waals surface area (Å²) in [6, 6.07) is 18.0. The molecule has 1 unspecified atom stereocenters. The fourth-order valence-electron chi connectivity index (χ4n) is 6.03. The predicted molar refractivity (Wildman–Crippen MR) is 144 cm³/mol. The molecule has 7 heteroatoms. The van der Waals surface area contributed by atoms with Gasteiger partial charge in [0.25, 0.3) is 0 Å². The Kier molecular flexibility index (Phi) is 5.88. The van der Waals surface area contributed by atoms with Gasteiger partial charge in [-0.15, -0.1) is 0 Å². The molecule has 2 aliphatic rings. The maximum absolute atomic E-state index is 13.4. The van der Waals surface area contributed by atoms with Crippen LogP contribution in [0.15, 0.2) is 60.8 Å². The molecule has 2 aliphatic heterocycles. The van der Waals surface area contributed by atoms with Crippen molar-refractivity contribution in [2.75, 3.05) is 25.1 Å². The topological polar surface area (TPSA) is 68.6 Å². The number of pyridine rings is 1. The number of anilines is 1. The second-order valence-electron chi connectivity index (χ2n) is 9.64. The number of hydrogen-bond donors (Lipinski definition) is 1. The smallest absolute Gasteiger partial charge is 0.341 e. The third-order valence-corrected chi connectivity index (χ3v) is 7.56. The summed E-state index contributed by atoms with van der Waals surface area (Å²) in [5, 5.41) is 3.27. The average molecular weight is 497 g/mol. The number of aryl methyl sites for hydroxylation is 1. The van der Waals surface area contributed by atoms with Crippen molar-refractivity contribution in [3.05, 3.63) is 88.9 Å². The molecule has 7 nitrogen and oxygen atoms in total. The number of hydrazine groups is 1. The normalized spacial score (nSPS) is 19.3. The number of hydrogen-bond acceptors (Lipinski definition) is 6. The number of carbonyl (C=O) groups is 1. The minimum Gasteiger partial charge on any atom is -0.493 e. The molecule has 0 aliphatic carbocycles. The lowest BCUT2D eigenvalue weighted by atomic mass is 9.80. The molecule has 4 aromatic rings. The Morgan fingerprint density at radius 2 is 1.89 bits per heavy atom. The van der Waals surface area contributed by atoms with Gasteiger partial charge in [-0.1, -0.05) is 18.2 Å². The van der Waals surface area contributed by atoms with Gasteiger partial charge in [-0.3, -0.25) is 4.98 Å². The van der Waals surface area contributed by atoms with Crippen LogP contribution in [0.5, 0.6) is 5.75 Å². The second-order valence-corrected chi connectivity index (χ2v) is 9.64. The monoisotopic (exact) mass is 496 g/mol. The van der Waals surface area contributed by atoms with Crippen LogP contribution >= 0.6 is 0 Å². The van der Waals surface area contributed by atoms with Gasteiger partial charge in [-0.05, 0) is 63.9 Å². The zero-order valence-electron chi connectivity index (χ0n) is 21.6. The molecule has 6 rings (SSSR count). The molecule has 1 saturated heterocycles. The van der Waals surface area contributed by atoms with Crippen molar-refractivity contribution in [3.8, 4) is 5.75 Å². The average Bonchev–Trinajstić information content (AvgIpc) is 3.60. The number of aromatic nitrogens is 2. The van der Waals surface area contributed by atoms with E-state index in [1.165, 1.54) is 12.8 Å². The molecule has 1 atom stereocenters. The van der Waals surface area contributed by atoms with E-state index < -0.39 is 5.60 Å². The molecule has 4 heterocycles. The van der Waals surface area contributed by atoms with Gasteiger partial charge in [0.2, 0.25) is 5.60 Å². The van der Waals surface area contributed by atoms with E-state index in [1.54, 1.807) is 18.3 Å². The first-order chi connectivity index (χ1) is 18.1. The molecule has 0 saturated carbocycles. The van der Waals surface area contributed by atoms with E-state index in [9.17, 15) is 4.79 Å². The highest BCUT2D eigenvalue weighted by atomic mass is 16.6. The molecule has 37 heavy (non-hydrogen) atoms. The Labute approximate surface area is 217 Å². The Balaban J connectivity index is 1.64. The Morgan fingerprint density at radius 1 is 1.08 bits per heavy atom. The van der Waals surface area contributed by atoms with Gasteiger partial charge < -0.3 is 19.5 Å².